The number of fused-ring (bicyclic) bond motifs is 9. The van der Waals surface area contributed by atoms with Crippen molar-refractivity contribution in [2.45, 2.75) is 0 Å². The van der Waals surface area contributed by atoms with E-state index >= 15 is 0 Å². The highest BCUT2D eigenvalue weighted by atomic mass is 16.4. The Morgan fingerprint density at radius 1 is 0.198 bits per heavy atom. The van der Waals surface area contributed by atoms with Crippen LogP contribution in [-0.4, -0.2) is 177 Å². The molecule has 0 saturated carbocycles. The molecule has 0 fully saturated rings. The van der Waals surface area contributed by atoms with Crippen molar-refractivity contribution in [3.8, 4) is 189 Å². The van der Waals surface area contributed by atoms with E-state index in [1.165, 1.54) is 0 Å². The molecule has 81 heavy (non-hydrogen) atoms. The first-order valence-corrected chi connectivity index (χ1v) is 22.2. The minimum atomic E-state index is -1.87. The van der Waals surface area contributed by atoms with Gasteiger partial charge in [0.1, 0.15) is 60.2 Å². The van der Waals surface area contributed by atoms with E-state index in [1.807, 2.05) is 0 Å². The second kappa shape index (κ2) is 15.6. The molecule has 0 amide bonds. The predicted octanol–water partition coefficient (Wildman–Crippen LogP) is 0.314. The van der Waals surface area contributed by atoms with Gasteiger partial charge in [0.05, 0.1) is 38.1 Å². The van der Waals surface area contributed by atoms with E-state index in [0.717, 1.165) is 15.7 Å². The van der Waals surface area contributed by atoms with Gasteiger partial charge in [-0.3, -0.25) is 13.7 Å². The molecule has 0 radical (unpaired) electrons. The highest BCUT2D eigenvalue weighted by molar-refractivity contribution is 6.45. The summed E-state index contributed by atoms with van der Waals surface area (Å²) in [5.74, 6) is -47.8. The molecule has 4 heterocycles. The molecule has 11 aromatic rings. The van der Waals surface area contributed by atoms with Crippen LogP contribution >= 0.6 is 0 Å². The maximum Gasteiger partial charge on any atom is 0.206 e. The summed E-state index contributed by atoms with van der Waals surface area (Å²) < 4.78 is 0.496. The maximum absolute atomic E-state index is 13.0. The van der Waals surface area contributed by atoms with Crippen LogP contribution in [0.1, 0.15) is 0 Å². The monoisotopic (exact) mass is 1120 g/mol. The number of rotatable bonds is 4. The second-order valence-corrected chi connectivity index (χ2v) is 18.2. The van der Waals surface area contributed by atoms with Gasteiger partial charge in [0, 0.05) is 5.39 Å². The Morgan fingerprint density at radius 2 is 0.432 bits per heavy atom. The van der Waals surface area contributed by atoms with E-state index in [4.69, 9.17) is 0 Å². The molecule has 414 valence electrons. The standard InChI is InChI=1S/C47H32B2N4O28/c48-9-1-2-15(32(68)43(79)35(71)19(2)55)52(11(1)29(65)40(76)27(9)63)46-24(60)8(25(61)47(50-46)53-16-5(22(58)38(74)44(80)33(16)69)6-17(53)34(70)45(81)39(75)23(6)59)7-12(26(62)10(49)28(64)18(7)54)51-13-3(20(56)36(72)41(77)30(13)66)4-14(51)31(67)42(78)37(73)21(4)57/h54-81H,48-49H2. The van der Waals surface area contributed by atoms with Crippen LogP contribution in [-0.2, 0) is 0 Å². The molecule has 0 atom stereocenters. The number of nitrogens with zero attached hydrogens (tertiary/aromatic N) is 4. The number of hydrogen-bond donors (Lipinski definition) is 28. The molecule has 0 spiro atoms. The number of phenols is 26. The largest absolute Gasteiger partial charge is 0.506 e. The summed E-state index contributed by atoms with van der Waals surface area (Å²) in [7, 11) is 1.81. The van der Waals surface area contributed by atoms with E-state index in [9.17, 15) is 143 Å². The highest BCUT2D eigenvalue weighted by Gasteiger charge is 2.41. The second-order valence-electron chi connectivity index (χ2n) is 18.2. The molecule has 34 heteroatoms. The first kappa shape index (κ1) is 50.8. The smallest absolute Gasteiger partial charge is 0.206 e. The molecular formula is C47H32B2N4O28. The summed E-state index contributed by atoms with van der Waals surface area (Å²) in [5, 5.41) is 314. The number of phenolic OH excluding ortho intramolecular Hbond substituents is 26. The van der Waals surface area contributed by atoms with Crippen LogP contribution in [0, 0.1) is 0 Å². The first-order chi connectivity index (χ1) is 37.8. The Kier molecular flexibility index (Phi) is 9.79. The molecule has 11 rings (SSSR count). The minimum Gasteiger partial charge on any atom is -0.506 e. The molecule has 32 nitrogen and oxygen atoms in total. The van der Waals surface area contributed by atoms with E-state index < -0.39 is 266 Å². The van der Waals surface area contributed by atoms with Gasteiger partial charge in [0.15, 0.2) is 104 Å². The molecule has 0 saturated heterocycles. The topological polar surface area (TPSA) is 594 Å². The van der Waals surface area contributed by atoms with Gasteiger partial charge in [-0.1, -0.05) is 0 Å². The number of hydrogen-bond acceptors (Lipinski definition) is 29. The zero-order valence-electron chi connectivity index (χ0n) is 39.8. The van der Waals surface area contributed by atoms with Crippen LogP contribution in [0.4, 0.5) is 0 Å². The maximum atomic E-state index is 13.0. The van der Waals surface area contributed by atoms with Gasteiger partial charge in [0.2, 0.25) is 63.2 Å². The number of pyridine rings is 1. The van der Waals surface area contributed by atoms with Crippen LogP contribution in [0.5, 0.6) is 161 Å². The molecule has 7 aromatic carbocycles. The molecule has 0 aliphatic heterocycles. The average Bonchev–Trinajstić information content (AvgIpc) is 3.02. The fourth-order valence-corrected chi connectivity index (χ4v) is 10.4. The molecule has 28 N–H and O–H groups in total. The zero-order chi connectivity index (χ0) is 59.6. The van der Waals surface area contributed by atoms with E-state index in [0.29, 0.717) is 0 Å². The van der Waals surface area contributed by atoms with Gasteiger partial charge in [-0.15, -0.1) is 0 Å². The molecule has 0 bridgehead atoms. The van der Waals surface area contributed by atoms with Crippen LogP contribution in [0.25, 0.3) is 93.9 Å². The fourth-order valence-electron chi connectivity index (χ4n) is 10.4. The highest BCUT2D eigenvalue weighted by Crippen LogP contribution is 2.65. The molecular weight excluding hydrogens is 1090 g/mol. The van der Waals surface area contributed by atoms with Gasteiger partial charge < -0.3 is 143 Å². The van der Waals surface area contributed by atoms with Gasteiger partial charge in [-0.2, -0.15) is 0 Å². The lowest BCUT2D eigenvalue weighted by molar-refractivity contribution is 0.350. The summed E-state index contributed by atoms with van der Waals surface area (Å²) in [5.41, 5.74) is -13.5. The quantitative estimate of drug-likeness (QED) is 0.0641. The zero-order valence-corrected chi connectivity index (χ0v) is 39.8. The molecule has 0 unspecified atom stereocenters. The lowest BCUT2D eigenvalue weighted by Gasteiger charge is -2.24. The van der Waals surface area contributed by atoms with Crippen molar-refractivity contribution < 1.29 is 143 Å². The number of aromatic hydroxyl groups is 28. The lowest BCUT2D eigenvalue weighted by Crippen LogP contribution is -2.12. The lowest BCUT2D eigenvalue weighted by atomic mass is 9.87. The van der Waals surface area contributed by atoms with Gasteiger partial charge in [0.25, 0.3) is 0 Å². The van der Waals surface area contributed by atoms with Crippen LogP contribution < -0.4 is 10.9 Å². The summed E-state index contributed by atoms with van der Waals surface area (Å²) in [4.78, 5) is 4.19. The van der Waals surface area contributed by atoms with E-state index in [1.54, 1.807) is 0 Å². The summed E-state index contributed by atoms with van der Waals surface area (Å²) >= 11 is 0. The summed E-state index contributed by atoms with van der Waals surface area (Å²) in [6.07, 6.45) is 0. The third-order valence-electron chi connectivity index (χ3n) is 14.2. The van der Waals surface area contributed by atoms with Gasteiger partial charge in [-0.05, 0) is 10.9 Å². The SMILES string of the molecule is Bc1c(O)c(O)c(-c2c(O)c(-n3c4c(O)c(O)c(O)c(B)c4c4c(O)c(O)c(O)c(O)c43)nc(-n3c4c(O)c(O)c(O)c(O)c4c4c(O)c(O)c(O)c(O)c43)c2O)c(-n2c3c(O)c(O)c(O)c(O)c3c3c(O)c(O)c(O)c(O)c32)c1O. The molecule has 0 aliphatic carbocycles. The molecule has 4 aromatic heterocycles. The average molecular weight is 1120 g/mol. The van der Waals surface area contributed by atoms with E-state index in [2.05, 4.69) is 4.98 Å². The Hall–Kier alpha value is -12.4. The Morgan fingerprint density at radius 3 is 0.741 bits per heavy atom. The fraction of sp³-hybridized carbons (Fsp3) is 0. The minimum absolute atomic E-state index is 0.109. The summed E-state index contributed by atoms with van der Waals surface area (Å²) in [6.45, 7) is 0. The van der Waals surface area contributed by atoms with Gasteiger partial charge in [-0.25, -0.2) is 4.98 Å². The van der Waals surface area contributed by atoms with Crippen molar-refractivity contribution in [1.82, 2.24) is 18.7 Å². The van der Waals surface area contributed by atoms with Crippen molar-refractivity contribution in [2.75, 3.05) is 0 Å². The third-order valence-corrected chi connectivity index (χ3v) is 14.2. The van der Waals surface area contributed by atoms with E-state index in [-0.39, 0.29) is 13.7 Å². The van der Waals surface area contributed by atoms with Gasteiger partial charge >= 0.3 is 0 Å². The first-order valence-electron chi connectivity index (χ1n) is 22.2. The molecule has 0 aliphatic rings. The van der Waals surface area contributed by atoms with Crippen molar-refractivity contribution in [2.24, 2.45) is 0 Å². The Labute approximate surface area is 442 Å². The number of aromatic nitrogens is 4. The summed E-state index contributed by atoms with van der Waals surface area (Å²) in [6, 6.07) is 0. The van der Waals surface area contributed by atoms with Crippen molar-refractivity contribution in [1.29, 1.82) is 0 Å². The van der Waals surface area contributed by atoms with Crippen molar-refractivity contribution in [3.63, 3.8) is 0 Å². The van der Waals surface area contributed by atoms with Crippen molar-refractivity contribution in [3.05, 3.63) is 0 Å². The Bertz CT molecular complexity index is 4470. The third kappa shape index (κ3) is 5.62. The van der Waals surface area contributed by atoms with Crippen molar-refractivity contribution >= 4 is 92.0 Å². The van der Waals surface area contributed by atoms with Crippen LogP contribution in [0.15, 0.2) is 0 Å². The number of benzene rings is 7. The van der Waals surface area contributed by atoms with Crippen LogP contribution in [0.2, 0.25) is 0 Å². The predicted molar refractivity (Wildman–Crippen MR) is 276 cm³/mol. The Balaban J connectivity index is 1.51. The normalized spacial score (nSPS) is 12.0. The van der Waals surface area contributed by atoms with Crippen LogP contribution in [0.3, 0.4) is 0 Å².